The molecule has 1 aromatic rings. The van der Waals surface area contributed by atoms with Gasteiger partial charge in [-0.15, -0.1) is 0 Å². The third kappa shape index (κ3) is 5.16. The fraction of sp³-hybridized carbons (Fsp3) is 0.529. The molecular weight excluding hydrogens is 389 g/mol. The van der Waals surface area contributed by atoms with Crippen molar-refractivity contribution in [1.82, 2.24) is 4.90 Å². The number of amides is 1. The summed E-state index contributed by atoms with van der Waals surface area (Å²) in [7, 11) is 0. The number of carbonyl (C=O) groups excluding carboxylic acids is 2. The van der Waals surface area contributed by atoms with Crippen molar-refractivity contribution in [3.8, 4) is 0 Å². The van der Waals surface area contributed by atoms with Crippen LogP contribution in [-0.2, 0) is 20.7 Å². The van der Waals surface area contributed by atoms with Gasteiger partial charge in [0.25, 0.3) is 0 Å². The number of ether oxygens (including phenoxy) is 2. The van der Waals surface area contributed by atoms with Gasteiger partial charge >= 0.3 is 6.16 Å². The van der Waals surface area contributed by atoms with E-state index in [4.69, 9.17) is 44.3 Å². The van der Waals surface area contributed by atoms with Crippen LogP contribution in [0.1, 0.15) is 38.7 Å². The SMILES string of the molecule is CCOC(=O)OC1CCCC(C)N1C(=O)Cc1c(Cl)cc(Cl)cc1Cl. The lowest BCUT2D eigenvalue weighted by Crippen LogP contribution is -2.51. The summed E-state index contributed by atoms with van der Waals surface area (Å²) >= 11 is 18.2. The van der Waals surface area contributed by atoms with Crippen LogP contribution in [0.4, 0.5) is 4.79 Å². The molecule has 2 atom stereocenters. The maximum absolute atomic E-state index is 12.9. The van der Waals surface area contributed by atoms with Gasteiger partial charge in [0.1, 0.15) is 0 Å². The summed E-state index contributed by atoms with van der Waals surface area (Å²) in [5.41, 5.74) is 0.505. The number of rotatable bonds is 4. The first-order valence-corrected chi connectivity index (χ1v) is 9.24. The summed E-state index contributed by atoms with van der Waals surface area (Å²) in [6, 6.07) is 3.03. The molecule has 1 heterocycles. The second-order valence-electron chi connectivity index (χ2n) is 5.86. The average Bonchev–Trinajstić information content (AvgIpc) is 2.51. The Morgan fingerprint density at radius 1 is 1.20 bits per heavy atom. The third-order valence-corrected chi connectivity index (χ3v) is 4.97. The molecule has 0 radical (unpaired) electrons. The van der Waals surface area contributed by atoms with Gasteiger partial charge < -0.3 is 14.4 Å². The fourth-order valence-corrected chi connectivity index (χ4v) is 3.87. The molecule has 1 amide bonds. The molecule has 0 spiro atoms. The molecule has 0 N–H and O–H groups in total. The summed E-state index contributed by atoms with van der Waals surface area (Å²) in [5.74, 6) is -0.215. The van der Waals surface area contributed by atoms with E-state index in [1.54, 1.807) is 24.0 Å². The highest BCUT2D eigenvalue weighted by atomic mass is 35.5. The van der Waals surface area contributed by atoms with Crippen molar-refractivity contribution >= 4 is 46.9 Å². The van der Waals surface area contributed by atoms with Crippen LogP contribution in [0.5, 0.6) is 0 Å². The Morgan fingerprint density at radius 2 is 1.84 bits per heavy atom. The first-order chi connectivity index (χ1) is 11.8. The van der Waals surface area contributed by atoms with E-state index in [0.717, 1.165) is 12.8 Å². The Hall–Kier alpha value is -1.17. The summed E-state index contributed by atoms with van der Waals surface area (Å²) in [6.07, 6.45) is 0.828. The highest BCUT2D eigenvalue weighted by Gasteiger charge is 2.35. The third-order valence-electron chi connectivity index (χ3n) is 4.07. The largest absolute Gasteiger partial charge is 0.510 e. The van der Waals surface area contributed by atoms with Gasteiger partial charge in [0.05, 0.1) is 13.0 Å². The Morgan fingerprint density at radius 3 is 2.44 bits per heavy atom. The zero-order valence-corrected chi connectivity index (χ0v) is 16.3. The molecule has 8 heteroatoms. The normalized spacial score (nSPS) is 20.3. The van der Waals surface area contributed by atoms with Crippen molar-refractivity contribution in [2.24, 2.45) is 0 Å². The molecule has 0 aliphatic carbocycles. The van der Waals surface area contributed by atoms with Crippen LogP contribution >= 0.6 is 34.8 Å². The molecule has 25 heavy (non-hydrogen) atoms. The molecular formula is C17H20Cl3NO4. The smallest absolute Gasteiger partial charge is 0.435 e. The predicted octanol–water partition coefficient (Wildman–Crippen LogP) is 5.09. The first-order valence-electron chi connectivity index (χ1n) is 8.11. The maximum atomic E-state index is 12.9. The Kier molecular flexibility index (Phi) is 7.23. The van der Waals surface area contributed by atoms with Crippen LogP contribution in [0, 0.1) is 0 Å². The lowest BCUT2D eigenvalue weighted by Gasteiger charge is -2.39. The van der Waals surface area contributed by atoms with E-state index < -0.39 is 12.4 Å². The van der Waals surface area contributed by atoms with Crippen LogP contribution in [0.25, 0.3) is 0 Å². The molecule has 138 valence electrons. The van der Waals surface area contributed by atoms with E-state index in [-0.39, 0.29) is 25.0 Å². The summed E-state index contributed by atoms with van der Waals surface area (Å²) in [5, 5.41) is 1.07. The summed E-state index contributed by atoms with van der Waals surface area (Å²) < 4.78 is 10.1. The summed E-state index contributed by atoms with van der Waals surface area (Å²) in [6.45, 7) is 3.83. The van der Waals surface area contributed by atoms with Crippen LogP contribution in [0.15, 0.2) is 12.1 Å². The standard InChI is InChI=1S/C17H20Cl3NO4/c1-3-24-17(23)25-16-6-4-5-10(2)21(16)15(22)9-12-13(19)7-11(18)8-14(12)20/h7-8,10,16H,3-6,9H2,1-2H3. The zero-order chi connectivity index (χ0) is 18.6. The van der Waals surface area contributed by atoms with Gasteiger partial charge in [-0.05, 0) is 44.4 Å². The highest BCUT2D eigenvalue weighted by molar-refractivity contribution is 6.39. The van der Waals surface area contributed by atoms with Gasteiger partial charge in [-0.25, -0.2) is 4.79 Å². The van der Waals surface area contributed by atoms with Crippen molar-refractivity contribution in [2.45, 2.75) is 51.8 Å². The van der Waals surface area contributed by atoms with E-state index in [2.05, 4.69) is 0 Å². The second kappa shape index (κ2) is 8.97. The monoisotopic (exact) mass is 407 g/mol. The molecule has 2 rings (SSSR count). The number of halogens is 3. The van der Waals surface area contributed by atoms with Gasteiger partial charge in [0.2, 0.25) is 5.91 Å². The van der Waals surface area contributed by atoms with Gasteiger partial charge in [-0.1, -0.05) is 34.8 Å². The van der Waals surface area contributed by atoms with Crippen LogP contribution in [-0.4, -0.2) is 35.8 Å². The number of nitrogens with zero attached hydrogens (tertiary/aromatic N) is 1. The quantitative estimate of drug-likeness (QED) is 0.651. The second-order valence-corrected chi connectivity index (χ2v) is 7.11. The minimum absolute atomic E-state index is 0.00185. The van der Waals surface area contributed by atoms with Crippen molar-refractivity contribution < 1.29 is 19.1 Å². The van der Waals surface area contributed by atoms with Crippen molar-refractivity contribution in [3.05, 3.63) is 32.8 Å². The molecule has 5 nitrogen and oxygen atoms in total. The zero-order valence-electron chi connectivity index (χ0n) is 14.1. The van der Waals surface area contributed by atoms with Gasteiger partial charge in [0.15, 0.2) is 6.23 Å². The molecule has 0 saturated carbocycles. The van der Waals surface area contributed by atoms with E-state index in [1.807, 2.05) is 6.92 Å². The Bertz CT molecular complexity index is 630. The fourth-order valence-electron chi connectivity index (χ4n) is 2.92. The lowest BCUT2D eigenvalue weighted by atomic mass is 10.0. The van der Waals surface area contributed by atoms with E-state index in [1.165, 1.54) is 0 Å². The Labute approximate surface area is 162 Å². The minimum atomic E-state index is -0.776. The molecule has 0 bridgehead atoms. The van der Waals surface area contributed by atoms with Crippen LogP contribution in [0.2, 0.25) is 15.1 Å². The maximum Gasteiger partial charge on any atom is 0.510 e. The lowest BCUT2D eigenvalue weighted by molar-refractivity contribution is -0.151. The van der Waals surface area contributed by atoms with E-state index in [0.29, 0.717) is 27.1 Å². The molecule has 2 unspecified atom stereocenters. The molecule has 1 aliphatic heterocycles. The van der Waals surface area contributed by atoms with Gasteiger partial charge in [0, 0.05) is 27.5 Å². The highest BCUT2D eigenvalue weighted by Crippen LogP contribution is 2.31. The number of hydrogen-bond acceptors (Lipinski definition) is 4. The van der Waals surface area contributed by atoms with Crippen molar-refractivity contribution in [3.63, 3.8) is 0 Å². The number of benzene rings is 1. The average molecular weight is 409 g/mol. The molecule has 1 aliphatic rings. The van der Waals surface area contributed by atoms with Crippen LogP contribution < -0.4 is 0 Å². The van der Waals surface area contributed by atoms with Gasteiger partial charge in [-0.2, -0.15) is 0 Å². The predicted molar refractivity (Wildman–Crippen MR) is 97.2 cm³/mol. The molecule has 1 saturated heterocycles. The van der Waals surface area contributed by atoms with Crippen LogP contribution in [0.3, 0.4) is 0 Å². The van der Waals surface area contributed by atoms with Crippen molar-refractivity contribution in [2.75, 3.05) is 6.61 Å². The number of piperidine rings is 1. The van der Waals surface area contributed by atoms with E-state index >= 15 is 0 Å². The molecule has 0 aromatic heterocycles. The topological polar surface area (TPSA) is 55.8 Å². The number of likely N-dealkylation sites (tertiary alicyclic amines) is 1. The number of carbonyl (C=O) groups is 2. The summed E-state index contributed by atoms with van der Waals surface area (Å²) in [4.78, 5) is 26.1. The first kappa shape index (κ1) is 20.1. The van der Waals surface area contributed by atoms with E-state index in [9.17, 15) is 9.59 Å². The number of hydrogen-bond donors (Lipinski definition) is 0. The molecule has 1 fully saturated rings. The molecule has 1 aromatic carbocycles. The van der Waals surface area contributed by atoms with Crippen molar-refractivity contribution in [1.29, 1.82) is 0 Å². The van der Waals surface area contributed by atoms with Gasteiger partial charge in [-0.3, -0.25) is 4.79 Å². The minimum Gasteiger partial charge on any atom is -0.435 e. The Balaban J connectivity index is 2.17.